The first-order chi connectivity index (χ1) is 7.60. The Morgan fingerprint density at radius 1 is 1.50 bits per heavy atom. The van der Waals surface area contributed by atoms with E-state index in [0.717, 1.165) is 9.80 Å². The van der Waals surface area contributed by atoms with Crippen molar-refractivity contribution in [3.63, 3.8) is 0 Å². The second kappa shape index (κ2) is 6.27. The third-order valence-corrected chi connectivity index (χ3v) is 3.71. The van der Waals surface area contributed by atoms with Gasteiger partial charge in [0.15, 0.2) is 0 Å². The van der Waals surface area contributed by atoms with Gasteiger partial charge in [-0.15, -0.1) is 0 Å². The SMILES string of the molecule is CC(CC#N)N(C)c1ccc(Br)cc1CBr. The van der Waals surface area contributed by atoms with E-state index >= 15 is 0 Å². The summed E-state index contributed by atoms with van der Waals surface area (Å²) in [6.07, 6.45) is 0.536. The van der Waals surface area contributed by atoms with Crippen LogP contribution >= 0.6 is 31.9 Å². The van der Waals surface area contributed by atoms with Gasteiger partial charge < -0.3 is 4.90 Å². The first kappa shape index (κ1) is 13.5. The highest BCUT2D eigenvalue weighted by molar-refractivity contribution is 9.10. The molecule has 0 saturated carbocycles. The van der Waals surface area contributed by atoms with Crippen LogP contribution in [0.15, 0.2) is 22.7 Å². The number of nitrogens with zero attached hydrogens (tertiary/aromatic N) is 2. The van der Waals surface area contributed by atoms with Gasteiger partial charge >= 0.3 is 0 Å². The average Bonchev–Trinajstić information content (AvgIpc) is 2.28. The molecule has 2 nitrogen and oxygen atoms in total. The number of halogens is 2. The molecule has 1 atom stereocenters. The summed E-state index contributed by atoms with van der Waals surface area (Å²) in [7, 11) is 2.03. The fraction of sp³-hybridized carbons (Fsp3) is 0.417. The zero-order chi connectivity index (χ0) is 12.1. The van der Waals surface area contributed by atoms with Gasteiger partial charge in [-0.1, -0.05) is 31.9 Å². The summed E-state index contributed by atoms with van der Waals surface area (Å²) in [4.78, 5) is 2.15. The summed E-state index contributed by atoms with van der Waals surface area (Å²) in [6, 6.07) is 8.63. The smallest absolute Gasteiger partial charge is 0.0643 e. The summed E-state index contributed by atoms with van der Waals surface area (Å²) in [6.45, 7) is 2.06. The maximum absolute atomic E-state index is 8.71. The van der Waals surface area contributed by atoms with Crippen LogP contribution < -0.4 is 4.90 Å². The Kier molecular flexibility index (Phi) is 5.30. The normalized spacial score (nSPS) is 11.9. The maximum atomic E-state index is 8.71. The number of rotatable bonds is 4. The highest BCUT2D eigenvalue weighted by Gasteiger charge is 2.12. The minimum atomic E-state index is 0.226. The van der Waals surface area contributed by atoms with Crippen molar-refractivity contribution in [2.24, 2.45) is 0 Å². The van der Waals surface area contributed by atoms with E-state index in [1.165, 1.54) is 11.3 Å². The lowest BCUT2D eigenvalue weighted by Crippen LogP contribution is -2.29. The van der Waals surface area contributed by atoms with Crippen molar-refractivity contribution in [2.75, 3.05) is 11.9 Å². The Morgan fingerprint density at radius 3 is 2.75 bits per heavy atom. The molecule has 0 bridgehead atoms. The lowest BCUT2D eigenvalue weighted by atomic mass is 10.1. The van der Waals surface area contributed by atoms with E-state index in [2.05, 4.69) is 61.9 Å². The number of benzene rings is 1. The molecule has 0 aliphatic carbocycles. The first-order valence-corrected chi connectivity index (χ1v) is 6.95. The van der Waals surface area contributed by atoms with Crippen LogP contribution in [0.4, 0.5) is 5.69 Å². The van der Waals surface area contributed by atoms with Gasteiger partial charge in [-0.2, -0.15) is 5.26 Å². The second-order valence-electron chi connectivity index (χ2n) is 3.73. The van der Waals surface area contributed by atoms with Crippen molar-refractivity contribution in [3.05, 3.63) is 28.2 Å². The number of hydrogen-bond acceptors (Lipinski definition) is 2. The molecule has 1 aromatic carbocycles. The molecule has 4 heteroatoms. The molecule has 0 heterocycles. The Balaban J connectivity index is 2.99. The fourth-order valence-corrected chi connectivity index (χ4v) is 2.37. The van der Waals surface area contributed by atoms with Gasteiger partial charge in [0.1, 0.15) is 0 Å². The van der Waals surface area contributed by atoms with Gasteiger partial charge in [-0.05, 0) is 30.7 Å². The van der Waals surface area contributed by atoms with E-state index in [1.807, 2.05) is 13.1 Å². The lowest BCUT2D eigenvalue weighted by molar-refractivity contribution is 0.700. The van der Waals surface area contributed by atoms with Crippen LogP contribution in [0.3, 0.4) is 0 Å². The number of nitriles is 1. The van der Waals surface area contributed by atoms with Gasteiger partial charge in [0.2, 0.25) is 0 Å². The van der Waals surface area contributed by atoms with Crippen molar-refractivity contribution < 1.29 is 0 Å². The average molecular weight is 346 g/mol. The predicted molar refractivity (Wildman–Crippen MR) is 74.9 cm³/mol. The van der Waals surface area contributed by atoms with Crippen LogP contribution in [0.25, 0.3) is 0 Å². The molecule has 1 aromatic rings. The van der Waals surface area contributed by atoms with E-state index in [-0.39, 0.29) is 6.04 Å². The molecule has 0 aliphatic heterocycles. The summed E-state index contributed by atoms with van der Waals surface area (Å²) in [5, 5.41) is 9.52. The number of hydrogen-bond donors (Lipinski definition) is 0. The van der Waals surface area contributed by atoms with Crippen molar-refractivity contribution in [2.45, 2.75) is 24.7 Å². The predicted octanol–water partition coefficient (Wildman–Crippen LogP) is 4.08. The van der Waals surface area contributed by atoms with E-state index < -0.39 is 0 Å². The Morgan fingerprint density at radius 2 is 2.19 bits per heavy atom. The molecule has 0 aliphatic rings. The molecule has 1 rings (SSSR count). The minimum Gasteiger partial charge on any atom is -0.371 e. The van der Waals surface area contributed by atoms with Gasteiger partial charge in [0.05, 0.1) is 12.5 Å². The first-order valence-electron chi connectivity index (χ1n) is 5.04. The third-order valence-electron chi connectivity index (χ3n) is 2.61. The zero-order valence-electron chi connectivity index (χ0n) is 9.37. The molecular weight excluding hydrogens is 332 g/mol. The third kappa shape index (κ3) is 3.23. The molecule has 1 unspecified atom stereocenters. The number of alkyl halides is 1. The summed E-state index contributed by atoms with van der Waals surface area (Å²) in [5.41, 5.74) is 2.39. The Bertz CT molecular complexity index is 398. The summed E-state index contributed by atoms with van der Waals surface area (Å²) in [5.74, 6) is 0. The van der Waals surface area contributed by atoms with E-state index in [4.69, 9.17) is 5.26 Å². The van der Waals surface area contributed by atoms with E-state index in [1.54, 1.807) is 0 Å². The van der Waals surface area contributed by atoms with Crippen LogP contribution in [0.5, 0.6) is 0 Å². The lowest BCUT2D eigenvalue weighted by Gasteiger charge is -2.27. The molecule has 86 valence electrons. The summed E-state index contributed by atoms with van der Waals surface area (Å²) >= 11 is 6.95. The van der Waals surface area contributed by atoms with Crippen molar-refractivity contribution in [3.8, 4) is 6.07 Å². The van der Waals surface area contributed by atoms with Crippen LogP contribution in [-0.2, 0) is 5.33 Å². The van der Waals surface area contributed by atoms with Gasteiger partial charge in [-0.25, -0.2) is 0 Å². The van der Waals surface area contributed by atoms with Crippen LogP contribution in [-0.4, -0.2) is 13.1 Å². The molecule has 0 amide bonds. The highest BCUT2D eigenvalue weighted by Crippen LogP contribution is 2.27. The largest absolute Gasteiger partial charge is 0.371 e. The quantitative estimate of drug-likeness (QED) is 0.769. The maximum Gasteiger partial charge on any atom is 0.0643 e. The fourth-order valence-electron chi connectivity index (χ4n) is 1.51. The highest BCUT2D eigenvalue weighted by atomic mass is 79.9. The molecule has 0 fully saturated rings. The molecule has 0 N–H and O–H groups in total. The number of anilines is 1. The Hall–Kier alpha value is -0.530. The van der Waals surface area contributed by atoms with Crippen molar-refractivity contribution in [1.82, 2.24) is 0 Å². The molecular formula is C12H14Br2N2. The van der Waals surface area contributed by atoms with Gasteiger partial charge in [0.25, 0.3) is 0 Å². The van der Waals surface area contributed by atoms with Crippen LogP contribution in [0.1, 0.15) is 18.9 Å². The van der Waals surface area contributed by atoms with Gasteiger partial charge in [-0.3, -0.25) is 0 Å². The van der Waals surface area contributed by atoms with Gasteiger partial charge in [0, 0.05) is 28.6 Å². The topological polar surface area (TPSA) is 27.0 Å². The van der Waals surface area contributed by atoms with Crippen molar-refractivity contribution >= 4 is 37.5 Å². The Labute approximate surface area is 114 Å². The van der Waals surface area contributed by atoms with Crippen molar-refractivity contribution in [1.29, 1.82) is 5.26 Å². The standard InChI is InChI=1S/C12H14Br2N2/c1-9(5-6-15)16(2)12-4-3-11(14)7-10(12)8-13/h3-4,7,9H,5,8H2,1-2H3. The van der Waals surface area contributed by atoms with Crippen LogP contribution in [0.2, 0.25) is 0 Å². The molecule has 0 radical (unpaired) electrons. The summed E-state index contributed by atoms with van der Waals surface area (Å²) < 4.78 is 1.08. The molecule has 0 spiro atoms. The monoisotopic (exact) mass is 344 g/mol. The molecule has 0 saturated heterocycles. The van der Waals surface area contributed by atoms with Crippen LogP contribution in [0, 0.1) is 11.3 Å². The molecule has 0 aromatic heterocycles. The minimum absolute atomic E-state index is 0.226. The second-order valence-corrected chi connectivity index (χ2v) is 5.21. The van der Waals surface area contributed by atoms with E-state index in [9.17, 15) is 0 Å². The van der Waals surface area contributed by atoms with E-state index in [0.29, 0.717) is 6.42 Å². The zero-order valence-corrected chi connectivity index (χ0v) is 12.5. The molecule has 16 heavy (non-hydrogen) atoms.